The lowest BCUT2D eigenvalue weighted by Crippen LogP contribution is -2.35. The van der Waals surface area contributed by atoms with Crippen LogP contribution in [0.25, 0.3) is 0 Å². The van der Waals surface area contributed by atoms with Gasteiger partial charge in [-0.25, -0.2) is 4.98 Å². The Kier molecular flexibility index (Phi) is 4.85. The summed E-state index contributed by atoms with van der Waals surface area (Å²) in [5.74, 6) is 0.161. The summed E-state index contributed by atoms with van der Waals surface area (Å²) in [6.07, 6.45) is 5.50. The van der Waals surface area contributed by atoms with E-state index in [-0.39, 0.29) is 17.1 Å². The molecule has 1 N–H and O–H groups in total. The predicted octanol–water partition coefficient (Wildman–Crippen LogP) is 1.77. The standard InChI is InChI=1S/C13H16N4O3/c14-8-10-7-12(17(18)19)9-16-13(10)20-6-4-11-3-1-2-5-15-11/h7,9,11,15H,1-6H2. The zero-order valence-corrected chi connectivity index (χ0v) is 11.0. The smallest absolute Gasteiger partial charge is 0.289 e. The van der Waals surface area contributed by atoms with Crippen LogP contribution in [0.1, 0.15) is 31.2 Å². The molecule has 0 amide bonds. The molecule has 0 saturated carbocycles. The minimum Gasteiger partial charge on any atom is -0.477 e. The number of nitriles is 1. The molecular weight excluding hydrogens is 260 g/mol. The van der Waals surface area contributed by atoms with Gasteiger partial charge in [0.15, 0.2) is 0 Å². The van der Waals surface area contributed by atoms with E-state index in [1.807, 2.05) is 6.07 Å². The van der Waals surface area contributed by atoms with Crippen LogP contribution in [-0.4, -0.2) is 29.1 Å². The Bertz CT molecular complexity index is 521. The highest BCUT2D eigenvalue weighted by atomic mass is 16.6. The van der Waals surface area contributed by atoms with Crippen LogP contribution in [0.5, 0.6) is 5.88 Å². The fourth-order valence-electron chi connectivity index (χ4n) is 2.20. The molecule has 1 atom stereocenters. The summed E-state index contributed by atoms with van der Waals surface area (Å²) < 4.78 is 5.47. The summed E-state index contributed by atoms with van der Waals surface area (Å²) >= 11 is 0. The van der Waals surface area contributed by atoms with Crippen molar-refractivity contribution >= 4 is 5.69 Å². The largest absolute Gasteiger partial charge is 0.477 e. The van der Waals surface area contributed by atoms with Crippen molar-refractivity contribution in [2.75, 3.05) is 13.2 Å². The Balaban J connectivity index is 1.92. The molecular formula is C13H16N4O3. The molecule has 7 nitrogen and oxygen atoms in total. The van der Waals surface area contributed by atoms with Crippen molar-refractivity contribution in [1.29, 1.82) is 5.26 Å². The van der Waals surface area contributed by atoms with Gasteiger partial charge in [0.05, 0.1) is 11.5 Å². The molecule has 0 radical (unpaired) electrons. The number of rotatable bonds is 5. The van der Waals surface area contributed by atoms with Crippen LogP contribution in [0.3, 0.4) is 0 Å². The molecule has 106 valence electrons. The third-order valence-electron chi connectivity index (χ3n) is 3.29. The molecule has 1 aliphatic heterocycles. The minimum atomic E-state index is -0.580. The van der Waals surface area contributed by atoms with E-state index in [1.165, 1.54) is 18.9 Å². The molecule has 0 aliphatic carbocycles. The van der Waals surface area contributed by atoms with Crippen LogP contribution in [0.15, 0.2) is 12.3 Å². The monoisotopic (exact) mass is 276 g/mol. The van der Waals surface area contributed by atoms with Crippen molar-refractivity contribution in [3.05, 3.63) is 27.9 Å². The summed E-state index contributed by atoms with van der Waals surface area (Å²) in [6.45, 7) is 1.47. The summed E-state index contributed by atoms with van der Waals surface area (Å²) in [6, 6.07) is 3.49. The van der Waals surface area contributed by atoms with E-state index >= 15 is 0 Å². The Morgan fingerprint density at radius 2 is 2.45 bits per heavy atom. The first kappa shape index (κ1) is 14.2. The molecule has 2 heterocycles. The maximum atomic E-state index is 10.6. The quantitative estimate of drug-likeness (QED) is 0.649. The fourth-order valence-corrected chi connectivity index (χ4v) is 2.20. The SMILES string of the molecule is N#Cc1cc([N+](=O)[O-])cnc1OCCC1CCCCN1. The van der Waals surface area contributed by atoms with Gasteiger partial charge in [-0.1, -0.05) is 6.42 Å². The molecule has 20 heavy (non-hydrogen) atoms. The molecule has 1 saturated heterocycles. The number of nitrogens with zero attached hydrogens (tertiary/aromatic N) is 3. The van der Waals surface area contributed by atoms with Gasteiger partial charge in [-0.15, -0.1) is 0 Å². The van der Waals surface area contributed by atoms with Gasteiger partial charge in [-0.05, 0) is 25.8 Å². The number of aromatic nitrogens is 1. The molecule has 1 aliphatic rings. The molecule has 7 heteroatoms. The Hall–Kier alpha value is -2.20. The maximum Gasteiger partial charge on any atom is 0.289 e. The number of ether oxygens (including phenoxy) is 1. The maximum absolute atomic E-state index is 10.6. The number of nitro groups is 1. The van der Waals surface area contributed by atoms with Gasteiger partial charge in [0, 0.05) is 12.1 Å². The van der Waals surface area contributed by atoms with Crippen molar-refractivity contribution < 1.29 is 9.66 Å². The summed E-state index contributed by atoms with van der Waals surface area (Å²) in [4.78, 5) is 13.9. The normalized spacial score (nSPS) is 18.2. The average Bonchev–Trinajstić information content (AvgIpc) is 2.48. The Labute approximate surface area is 116 Å². The zero-order valence-electron chi connectivity index (χ0n) is 11.0. The van der Waals surface area contributed by atoms with Crippen molar-refractivity contribution in [2.24, 2.45) is 0 Å². The number of nitrogens with one attached hydrogen (secondary N) is 1. The molecule has 1 unspecified atom stereocenters. The van der Waals surface area contributed by atoms with Crippen LogP contribution in [0.2, 0.25) is 0 Å². The van der Waals surface area contributed by atoms with Gasteiger partial charge in [-0.3, -0.25) is 10.1 Å². The van der Waals surface area contributed by atoms with E-state index in [4.69, 9.17) is 10.00 Å². The van der Waals surface area contributed by atoms with Gasteiger partial charge in [-0.2, -0.15) is 5.26 Å². The zero-order chi connectivity index (χ0) is 14.4. The predicted molar refractivity (Wildman–Crippen MR) is 71.4 cm³/mol. The molecule has 1 fully saturated rings. The van der Waals surface area contributed by atoms with Crippen molar-refractivity contribution in [3.63, 3.8) is 0 Å². The second kappa shape index (κ2) is 6.82. The van der Waals surface area contributed by atoms with Gasteiger partial charge in [0.25, 0.3) is 5.69 Å². The second-order valence-electron chi connectivity index (χ2n) is 4.70. The lowest BCUT2D eigenvalue weighted by atomic mass is 10.0. The van der Waals surface area contributed by atoms with Crippen LogP contribution in [0.4, 0.5) is 5.69 Å². The molecule has 1 aromatic rings. The van der Waals surface area contributed by atoms with E-state index in [9.17, 15) is 10.1 Å². The number of piperidine rings is 1. The minimum absolute atomic E-state index is 0.0933. The van der Waals surface area contributed by atoms with E-state index in [0.29, 0.717) is 12.6 Å². The van der Waals surface area contributed by atoms with Gasteiger partial charge < -0.3 is 10.1 Å². The van der Waals surface area contributed by atoms with Gasteiger partial charge in [0.2, 0.25) is 5.88 Å². The summed E-state index contributed by atoms with van der Waals surface area (Å²) in [7, 11) is 0. The van der Waals surface area contributed by atoms with E-state index in [2.05, 4.69) is 10.3 Å². The van der Waals surface area contributed by atoms with E-state index in [0.717, 1.165) is 25.6 Å². The van der Waals surface area contributed by atoms with Crippen LogP contribution in [0, 0.1) is 21.4 Å². The third-order valence-corrected chi connectivity index (χ3v) is 3.29. The summed E-state index contributed by atoms with van der Waals surface area (Å²) in [5, 5.41) is 23.0. The summed E-state index contributed by atoms with van der Waals surface area (Å²) in [5.41, 5.74) is -0.112. The molecule has 0 aromatic carbocycles. The molecule has 1 aromatic heterocycles. The van der Waals surface area contributed by atoms with Gasteiger partial charge in [0.1, 0.15) is 17.8 Å². The van der Waals surface area contributed by atoms with Crippen LogP contribution >= 0.6 is 0 Å². The van der Waals surface area contributed by atoms with Gasteiger partial charge >= 0.3 is 0 Å². The van der Waals surface area contributed by atoms with E-state index in [1.54, 1.807) is 0 Å². The lowest BCUT2D eigenvalue weighted by Gasteiger charge is -2.23. The fraction of sp³-hybridized carbons (Fsp3) is 0.538. The first-order chi connectivity index (χ1) is 9.70. The molecule has 0 spiro atoms. The number of hydrogen-bond acceptors (Lipinski definition) is 6. The van der Waals surface area contributed by atoms with Crippen molar-refractivity contribution in [1.82, 2.24) is 10.3 Å². The highest BCUT2D eigenvalue weighted by Crippen LogP contribution is 2.20. The average molecular weight is 276 g/mol. The van der Waals surface area contributed by atoms with Crippen molar-refractivity contribution in [2.45, 2.75) is 31.7 Å². The molecule has 0 bridgehead atoms. The highest BCUT2D eigenvalue weighted by Gasteiger charge is 2.15. The van der Waals surface area contributed by atoms with Crippen LogP contribution in [-0.2, 0) is 0 Å². The lowest BCUT2D eigenvalue weighted by molar-refractivity contribution is -0.385. The van der Waals surface area contributed by atoms with Crippen LogP contribution < -0.4 is 10.1 Å². The molecule has 2 rings (SSSR count). The number of hydrogen-bond donors (Lipinski definition) is 1. The first-order valence-corrected chi connectivity index (χ1v) is 6.61. The van der Waals surface area contributed by atoms with Crippen molar-refractivity contribution in [3.8, 4) is 11.9 Å². The number of pyridine rings is 1. The first-order valence-electron chi connectivity index (χ1n) is 6.61. The Morgan fingerprint density at radius 1 is 1.60 bits per heavy atom. The topological polar surface area (TPSA) is 101 Å². The second-order valence-corrected chi connectivity index (χ2v) is 4.70. The highest BCUT2D eigenvalue weighted by molar-refractivity contribution is 5.44. The van der Waals surface area contributed by atoms with E-state index < -0.39 is 4.92 Å². The Morgan fingerprint density at radius 3 is 3.10 bits per heavy atom. The third kappa shape index (κ3) is 3.65.